The van der Waals surface area contributed by atoms with Crippen molar-refractivity contribution in [2.24, 2.45) is 0 Å². The smallest absolute Gasteiger partial charge is 0.476 e. The van der Waals surface area contributed by atoms with Crippen LogP contribution in [0.5, 0.6) is 5.75 Å². The normalized spacial score (nSPS) is 10.7. The van der Waals surface area contributed by atoms with Crippen LogP contribution in [0.15, 0.2) is 210 Å². The summed E-state index contributed by atoms with van der Waals surface area (Å²) in [7, 11) is 0. The molecule has 0 radical (unpaired) electrons. The predicted octanol–water partition coefficient (Wildman–Crippen LogP) is 5.78. The Morgan fingerprint density at radius 1 is 0.282 bits per heavy atom. The average molecular weight is 1970 g/mol. The lowest BCUT2D eigenvalue weighted by Crippen LogP contribution is -2.17. The lowest BCUT2D eigenvalue weighted by atomic mass is 10.0. The quantitative estimate of drug-likeness (QED) is 0.0213. The first-order valence-electron chi connectivity index (χ1n) is 39.4. The third-order valence-corrected chi connectivity index (χ3v) is 18.1. The molecule has 724 valence electrons. The average Bonchev–Trinajstić information content (AvgIpc) is 1.62. The first kappa shape index (κ1) is 96.8. The summed E-state index contributed by atoms with van der Waals surface area (Å²) in [6, 6.07) is 50.0. The van der Waals surface area contributed by atoms with Gasteiger partial charge in [0.1, 0.15) is 63.2 Å². The van der Waals surface area contributed by atoms with Crippen molar-refractivity contribution >= 4 is 70.7 Å². The van der Waals surface area contributed by atoms with Gasteiger partial charge in [0.2, 0.25) is 69.1 Å². The number of carbonyl (C=O) groups is 6. The van der Waals surface area contributed by atoms with Crippen molar-refractivity contribution in [3.8, 4) is 62.4 Å². The van der Waals surface area contributed by atoms with Crippen LogP contribution < -0.4 is 36.6 Å². The highest BCUT2D eigenvalue weighted by Crippen LogP contribution is 2.30. The van der Waals surface area contributed by atoms with E-state index in [-0.39, 0.29) is 126 Å². The Hall–Kier alpha value is -21.2. The first-order valence-corrected chi connectivity index (χ1v) is 39.4. The molecule has 0 aliphatic rings. The number of aromatic nitrogens is 36. The standard InChI is InChI=1S/C17H13N7O3.C12H8F3N7O4.C12H10FN7O3.C12H11N7O3.2C11H8FN7O3/c25-17(26)14-15(21-27-20-14)18-10-24-16(19-22-23-24)13-8-6-12(7-9-13)11-4-2-1-3-5-11;13-12(14,15)25-7-3-1-2-6(4-7)10-17-20-21-22(10)5-16-9-8(11(23)24)18-26-19-9;13-8-3-1-7(2-4-8)5-9-15-18-19-20(9)6-14-11-10(12(21)22)16-23-17-11;20-12(21)10-11(16-22-15-10)13-7-19-9(14-17-18-19)6-8-4-2-1-3-5-8;12-7-3-1-6(2-4-7)10-14-17-18-19(10)5-13-9-8(11(20)21)15-22-16-9;12-7-3-1-2-6(4-7)10-14-17-18-19(10)5-13-9-8(11(20)21)15-22-16-9/h1-9H,10H2,(H,18,21)(H,25,26);1-4H,5H2,(H,16,19)(H,23,24);1-4H,5-6H2,(H,14,17)(H,21,22);1-5H,6-7H2,(H,13,16)(H,20,21);2*1-4H,5H2,(H,13,16)(H,20,21). The molecule has 12 N–H and O–H groups in total. The van der Waals surface area contributed by atoms with E-state index >= 15 is 0 Å². The summed E-state index contributed by atoms with van der Waals surface area (Å²) < 4.78 is 114. The number of tetrazole rings is 6. The molecule has 0 atom stereocenters. The van der Waals surface area contributed by atoms with E-state index in [9.17, 15) is 55.1 Å². The molecule has 0 saturated heterocycles. The van der Waals surface area contributed by atoms with Crippen molar-refractivity contribution in [1.29, 1.82) is 0 Å². The van der Waals surface area contributed by atoms with Crippen molar-refractivity contribution in [3.63, 3.8) is 0 Å². The fourth-order valence-electron chi connectivity index (χ4n) is 11.6. The van der Waals surface area contributed by atoms with Crippen molar-refractivity contribution in [2.45, 2.75) is 59.2 Å². The van der Waals surface area contributed by atoms with Gasteiger partial charge in [-0.3, -0.25) is 0 Å². The third-order valence-electron chi connectivity index (χ3n) is 18.1. The number of ether oxygens (including phenoxy) is 1. The third kappa shape index (κ3) is 26.0. The van der Waals surface area contributed by atoms with E-state index in [1.807, 2.05) is 84.9 Å². The van der Waals surface area contributed by atoms with Gasteiger partial charge in [0.05, 0.1) is 0 Å². The van der Waals surface area contributed by atoms with Gasteiger partial charge in [0, 0.05) is 35.1 Å². The van der Waals surface area contributed by atoms with E-state index in [4.69, 9.17) is 30.6 Å². The summed E-state index contributed by atoms with van der Waals surface area (Å²) in [6.45, 7) is 0.168. The molecule has 0 spiro atoms. The summed E-state index contributed by atoms with van der Waals surface area (Å²) in [5.41, 5.74) is 4.14. The maximum absolute atomic E-state index is 13.3. The Bertz CT molecular complexity index is 7410. The van der Waals surface area contributed by atoms with Gasteiger partial charge >= 0.3 is 42.2 Å². The Kier molecular flexibility index (Phi) is 31.3. The van der Waals surface area contributed by atoms with E-state index in [1.165, 1.54) is 94.8 Å². The maximum atomic E-state index is 13.3. The van der Waals surface area contributed by atoms with E-state index < -0.39 is 59.4 Å². The zero-order valence-corrected chi connectivity index (χ0v) is 70.8. The number of rotatable bonds is 34. The van der Waals surface area contributed by atoms with Crippen molar-refractivity contribution in [1.82, 2.24) is 183 Å². The number of aromatic carboxylic acids is 6. The van der Waals surface area contributed by atoms with Gasteiger partial charge in [-0.05, 0) is 207 Å². The van der Waals surface area contributed by atoms with Gasteiger partial charge < -0.3 is 67.3 Å². The molecular formula is C75H58F6N42O19. The number of benzene rings is 7. The molecule has 7 aromatic carbocycles. The number of nitrogens with one attached hydrogen (secondary N) is 6. The molecule has 19 rings (SSSR count). The van der Waals surface area contributed by atoms with E-state index in [1.54, 1.807) is 18.2 Å². The van der Waals surface area contributed by atoms with Gasteiger partial charge in [-0.25, -0.2) is 97.8 Å². The summed E-state index contributed by atoms with van der Waals surface area (Å²) in [5.74, 6) is -7.04. The molecule has 19 aromatic rings. The second-order valence-corrected chi connectivity index (χ2v) is 27.3. The molecule has 0 fully saturated rings. The Morgan fingerprint density at radius 3 is 0.887 bits per heavy atom. The van der Waals surface area contributed by atoms with Crippen molar-refractivity contribution in [2.75, 3.05) is 31.9 Å². The minimum absolute atomic E-state index is 0.00313. The zero-order valence-electron chi connectivity index (χ0n) is 70.8. The van der Waals surface area contributed by atoms with Crippen LogP contribution in [-0.4, -0.2) is 256 Å². The molecule has 61 nitrogen and oxygen atoms in total. The topological polar surface area (TPSA) is 800 Å². The second-order valence-electron chi connectivity index (χ2n) is 27.3. The number of halogens is 6. The summed E-state index contributed by atoms with van der Waals surface area (Å²) in [4.78, 5) is 65.5. The molecule has 0 amide bonds. The van der Waals surface area contributed by atoms with Gasteiger partial charge in [0.25, 0.3) is 0 Å². The van der Waals surface area contributed by atoms with E-state index in [2.05, 4.69) is 219 Å². The van der Waals surface area contributed by atoms with Crippen LogP contribution in [-0.2, 0) is 52.9 Å². The second kappa shape index (κ2) is 46.0. The fourth-order valence-corrected chi connectivity index (χ4v) is 11.6. The molecule has 0 bridgehead atoms. The van der Waals surface area contributed by atoms with Crippen molar-refractivity contribution < 1.29 is 118 Å². The highest BCUT2D eigenvalue weighted by molar-refractivity contribution is 5.93. The molecule has 0 aliphatic carbocycles. The number of hydrogen-bond acceptors (Lipinski definition) is 49. The highest BCUT2D eigenvalue weighted by atomic mass is 19.4. The van der Waals surface area contributed by atoms with Crippen LogP contribution in [0.2, 0.25) is 0 Å². The number of carboxylic acids is 6. The predicted molar refractivity (Wildman–Crippen MR) is 448 cm³/mol. The minimum Gasteiger partial charge on any atom is -0.476 e. The number of carboxylic acid groups (broad SMARTS) is 6. The molecule has 0 saturated carbocycles. The number of nitrogens with zero attached hydrogens (tertiary/aromatic N) is 36. The van der Waals surface area contributed by atoms with Crippen LogP contribution in [0.4, 0.5) is 61.2 Å². The van der Waals surface area contributed by atoms with E-state index in [0.717, 1.165) is 39.9 Å². The monoisotopic (exact) mass is 1960 g/mol. The molecular weight excluding hydrogens is 1910 g/mol. The Balaban J connectivity index is 0.000000136. The largest absolute Gasteiger partial charge is 0.573 e. The molecule has 67 heteroatoms. The highest BCUT2D eigenvalue weighted by Gasteiger charge is 2.32. The lowest BCUT2D eigenvalue weighted by molar-refractivity contribution is -0.274. The molecule has 0 aliphatic heterocycles. The van der Waals surface area contributed by atoms with Gasteiger partial charge in [0.15, 0.2) is 34.9 Å². The number of alkyl halides is 3. The Labute approximate surface area is 779 Å². The SMILES string of the molecule is O=C(O)c1nonc1NCn1nnnc1-c1ccc(-c2ccccc2)cc1.O=C(O)c1nonc1NCn1nnnc1-c1ccc(F)cc1.O=C(O)c1nonc1NCn1nnnc1-c1cccc(F)c1.O=C(O)c1nonc1NCn1nnnc1-c1cccc(OC(F)(F)F)c1.O=C(O)c1nonc1NCn1nnnc1Cc1ccc(F)cc1.O=C(O)c1nonc1NCn1nnnc1Cc1ccccc1. The number of hydrogen-bond donors (Lipinski definition) is 12. The van der Waals surface area contributed by atoms with Gasteiger partial charge in [-0.2, -0.15) is 0 Å². The first-order chi connectivity index (χ1) is 68.7. The summed E-state index contributed by atoms with van der Waals surface area (Å²) in [5, 5.41) is 177. The van der Waals surface area contributed by atoms with Crippen molar-refractivity contribution in [3.05, 3.63) is 256 Å². The minimum atomic E-state index is -4.83. The van der Waals surface area contributed by atoms with Gasteiger partial charge in [-0.1, -0.05) is 121 Å². The maximum Gasteiger partial charge on any atom is 0.573 e. The number of anilines is 6. The fraction of sp³-hybridized carbons (Fsp3) is 0.120. The van der Waals surface area contributed by atoms with E-state index in [0.29, 0.717) is 53.1 Å². The lowest BCUT2D eigenvalue weighted by Gasteiger charge is -2.10. The molecule has 12 aromatic heterocycles. The molecule has 0 unspecified atom stereocenters. The molecule has 142 heavy (non-hydrogen) atoms. The van der Waals surface area contributed by atoms with Crippen LogP contribution in [0.3, 0.4) is 0 Å². The van der Waals surface area contributed by atoms with Crippen LogP contribution in [0.25, 0.3) is 56.7 Å². The van der Waals surface area contributed by atoms with Crippen LogP contribution >= 0.6 is 0 Å². The summed E-state index contributed by atoms with van der Waals surface area (Å²) in [6.07, 6.45) is -3.89. The Morgan fingerprint density at radius 2 is 0.549 bits per heavy atom. The van der Waals surface area contributed by atoms with Gasteiger partial charge in [-0.15, -0.1) is 43.8 Å². The zero-order chi connectivity index (χ0) is 100. The van der Waals surface area contributed by atoms with Crippen LogP contribution in [0.1, 0.15) is 85.7 Å². The summed E-state index contributed by atoms with van der Waals surface area (Å²) >= 11 is 0. The molecule has 12 heterocycles. The van der Waals surface area contributed by atoms with Crippen LogP contribution in [0, 0.1) is 17.5 Å².